The molecule has 3 heterocycles. The third kappa shape index (κ3) is 1.65. The van der Waals surface area contributed by atoms with Crippen LogP contribution in [0.25, 0.3) is 20.3 Å². The smallest absolute Gasteiger partial charge is 0.205 e. The number of hydrogen-bond acceptors (Lipinski definition) is 3. The second kappa shape index (κ2) is 4.30. The second-order valence-corrected chi connectivity index (χ2v) is 6.82. The van der Waals surface area contributed by atoms with Gasteiger partial charge in [0.2, 0.25) is 5.78 Å². The Kier molecular flexibility index (Phi) is 2.55. The molecule has 0 unspecified atom stereocenters. The molecule has 1 N–H and O–H groups in total. The number of nitrogens with one attached hydrogen (secondary N) is 1. The van der Waals surface area contributed by atoms with Crippen LogP contribution in [0.5, 0.6) is 0 Å². The highest BCUT2D eigenvalue weighted by Crippen LogP contribution is 2.33. The van der Waals surface area contributed by atoms with Crippen molar-refractivity contribution in [2.24, 2.45) is 0 Å². The first-order valence-electron chi connectivity index (χ1n) is 6.32. The standard InChI is InChI=1S/C16H11NOS2/c1-9-3-2-4-11-15(9)10(8-17-11)16(18)14-7-13-12(20-14)5-6-19-13/h2-8,17H,1H3. The molecule has 0 spiro atoms. The lowest BCUT2D eigenvalue weighted by Crippen LogP contribution is -1.97. The summed E-state index contributed by atoms with van der Waals surface area (Å²) in [5, 5.41) is 3.10. The molecular formula is C16H11NOS2. The third-order valence-electron chi connectivity index (χ3n) is 3.52. The van der Waals surface area contributed by atoms with Gasteiger partial charge in [-0.2, -0.15) is 0 Å². The predicted molar refractivity (Wildman–Crippen MR) is 86.2 cm³/mol. The van der Waals surface area contributed by atoms with Crippen LogP contribution in [0, 0.1) is 6.92 Å². The molecule has 0 aliphatic heterocycles. The van der Waals surface area contributed by atoms with E-state index in [1.165, 1.54) is 9.40 Å². The molecule has 0 atom stereocenters. The van der Waals surface area contributed by atoms with Crippen LogP contribution in [0.2, 0.25) is 0 Å². The van der Waals surface area contributed by atoms with Gasteiger partial charge in [-0.25, -0.2) is 0 Å². The Bertz CT molecular complexity index is 913. The first-order chi connectivity index (χ1) is 9.74. The van der Waals surface area contributed by atoms with Gasteiger partial charge in [0.05, 0.1) is 4.88 Å². The number of carbonyl (C=O) groups excluding carboxylic acids is 1. The molecule has 3 aromatic heterocycles. The Morgan fingerprint density at radius 2 is 2.10 bits per heavy atom. The van der Waals surface area contributed by atoms with Crippen molar-refractivity contribution in [3.8, 4) is 0 Å². The number of hydrogen-bond donors (Lipinski definition) is 1. The molecule has 0 bridgehead atoms. The summed E-state index contributed by atoms with van der Waals surface area (Å²) in [4.78, 5) is 16.7. The summed E-state index contributed by atoms with van der Waals surface area (Å²) in [6.45, 7) is 2.04. The lowest BCUT2D eigenvalue weighted by atomic mass is 10.0. The van der Waals surface area contributed by atoms with Gasteiger partial charge in [0, 0.05) is 32.1 Å². The minimum Gasteiger partial charge on any atom is -0.360 e. The molecule has 0 amide bonds. The Morgan fingerprint density at radius 1 is 1.20 bits per heavy atom. The van der Waals surface area contributed by atoms with Crippen LogP contribution in [0.4, 0.5) is 0 Å². The van der Waals surface area contributed by atoms with Crippen LogP contribution in [-0.4, -0.2) is 10.8 Å². The van der Waals surface area contributed by atoms with Crippen LogP contribution in [-0.2, 0) is 0 Å². The van der Waals surface area contributed by atoms with E-state index in [1.54, 1.807) is 22.7 Å². The van der Waals surface area contributed by atoms with Crippen molar-refractivity contribution in [3.63, 3.8) is 0 Å². The van der Waals surface area contributed by atoms with E-state index in [1.807, 2.05) is 37.4 Å². The molecule has 4 rings (SSSR count). The Labute approximate surface area is 123 Å². The first-order valence-corrected chi connectivity index (χ1v) is 8.02. The maximum absolute atomic E-state index is 12.7. The van der Waals surface area contributed by atoms with Crippen molar-refractivity contribution in [2.75, 3.05) is 0 Å². The number of aromatic amines is 1. The van der Waals surface area contributed by atoms with Gasteiger partial charge < -0.3 is 4.98 Å². The number of ketones is 1. The van der Waals surface area contributed by atoms with Crippen molar-refractivity contribution in [3.05, 3.63) is 57.9 Å². The summed E-state index contributed by atoms with van der Waals surface area (Å²) in [5.74, 6) is 0.110. The van der Waals surface area contributed by atoms with Gasteiger partial charge in [-0.15, -0.1) is 22.7 Å². The summed E-state index contributed by atoms with van der Waals surface area (Å²) < 4.78 is 2.38. The molecule has 2 nitrogen and oxygen atoms in total. The quantitative estimate of drug-likeness (QED) is 0.520. The molecule has 0 radical (unpaired) electrons. The number of benzene rings is 1. The highest BCUT2D eigenvalue weighted by Gasteiger charge is 2.18. The van der Waals surface area contributed by atoms with Gasteiger partial charge in [0.25, 0.3) is 0 Å². The number of thiophene rings is 2. The minimum atomic E-state index is 0.110. The lowest BCUT2D eigenvalue weighted by Gasteiger charge is -1.99. The number of aromatic nitrogens is 1. The maximum Gasteiger partial charge on any atom is 0.205 e. The minimum absolute atomic E-state index is 0.110. The third-order valence-corrected chi connectivity index (χ3v) is 5.61. The molecule has 98 valence electrons. The van der Waals surface area contributed by atoms with Gasteiger partial charge >= 0.3 is 0 Å². The zero-order valence-electron chi connectivity index (χ0n) is 10.8. The molecular weight excluding hydrogens is 286 g/mol. The van der Waals surface area contributed by atoms with E-state index in [0.717, 1.165) is 26.9 Å². The van der Waals surface area contributed by atoms with Crippen LogP contribution < -0.4 is 0 Å². The van der Waals surface area contributed by atoms with E-state index in [9.17, 15) is 4.79 Å². The topological polar surface area (TPSA) is 32.9 Å². The van der Waals surface area contributed by atoms with Gasteiger partial charge in [-0.05, 0) is 36.1 Å². The average molecular weight is 297 g/mol. The molecule has 0 saturated heterocycles. The van der Waals surface area contributed by atoms with E-state index in [2.05, 4.69) is 16.4 Å². The summed E-state index contributed by atoms with van der Waals surface area (Å²) in [6.07, 6.45) is 1.83. The monoisotopic (exact) mass is 297 g/mol. The Balaban J connectivity index is 1.90. The normalized spacial score (nSPS) is 11.4. The maximum atomic E-state index is 12.7. The predicted octanol–water partition coefficient (Wildman–Crippen LogP) is 4.98. The Morgan fingerprint density at radius 3 is 2.95 bits per heavy atom. The number of fused-ring (bicyclic) bond motifs is 2. The molecule has 0 fully saturated rings. The summed E-state index contributed by atoms with van der Waals surface area (Å²) >= 11 is 3.25. The van der Waals surface area contributed by atoms with E-state index >= 15 is 0 Å². The van der Waals surface area contributed by atoms with Crippen molar-refractivity contribution >= 4 is 48.8 Å². The highest BCUT2D eigenvalue weighted by molar-refractivity contribution is 7.28. The van der Waals surface area contributed by atoms with Crippen molar-refractivity contribution in [1.29, 1.82) is 0 Å². The zero-order chi connectivity index (χ0) is 13.7. The molecule has 0 saturated carbocycles. The van der Waals surface area contributed by atoms with E-state index in [0.29, 0.717) is 0 Å². The SMILES string of the molecule is Cc1cccc2[nH]cc(C(=O)c3cc4sccc4s3)c12. The lowest BCUT2D eigenvalue weighted by molar-refractivity contribution is 0.104. The van der Waals surface area contributed by atoms with E-state index in [-0.39, 0.29) is 5.78 Å². The fraction of sp³-hybridized carbons (Fsp3) is 0.0625. The fourth-order valence-corrected chi connectivity index (χ4v) is 4.62. The van der Waals surface area contributed by atoms with Gasteiger partial charge in [-0.3, -0.25) is 4.79 Å². The molecule has 4 aromatic rings. The summed E-state index contributed by atoms with van der Waals surface area (Å²) in [7, 11) is 0. The van der Waals surface area contributed by atoms with Crippen molar-refractivity contribution in [1.82, 2.24) is 4.98 Å². The zero-order valence-corrected chi connectivity index (χ0v) is 12.4. The van der Waals surface area contributed by atoms with E-state index < -0.39 is 0 Å². The van der Waals surface area contributed by atoms with Crippen LogP contribution >= 0.6 is 22.7 Å². The van der Waals surface area contributed by atoms with Crippen LogP contribution in [0.15, 0.2) is 41.9 Å². The second-order valence-electron chi connectivity index (χ2n) is 4.79. The molecule has 20 heavy (non-hydrogen) atoms. The van der Waals surface area contributed by atoms with Crippen molar-refractivity contribution in [2.45, 2.75) is 6.92 Å². The van der Waals surface area contributed by atoms with E-state index in [4.69, 9.17) is 0 Å². The van der Waals surface area contributed by atoms with Gasteiger partial charge in [0.15, 0.2) is 0 Å². The van der Waals surface area contributed by atoms with Gasteiger partial charge in [-0.1, -0.05) is 12.1 Å². The van der Waals surface area contributed by atoms with Gasteiger partial charge in [0.1, 0.15) is 0 Å². The average Bonchev–Trinajstić information content (AvgIpc) is 3.11. The fourth-order valence-electron chi connectivity index (χ4n) is 2.56. The first kappa shape index (κ1) is 11.9. The van der Waals surface area contributed by atoms with Crippen LogP contribution in [0.1, 0.15) is 20.8 Å². The molecule has 0 aliphatic rings. The Hall–Kier alpha value is -1.91. The molecule has 4 heteroatoms. The number of rotatable bonds is 2. The molecule has 0 aliphatic carbocycles. The van der Waals surface area contributed by atoms with Crippen molar-refractivity contribution < 1.29 is 4.79 Å². The number of H-pyrrole nitrogens is 1. The number of aryl methyl sites for hydroxylation is 1. The number of carbonyl (C=O) groups is 1. The van der Waals surface area contributed by atoms with Crippen LogP contribution in [0.3, 0.4) is 0 Å². The summed E-state index contributed by atoms with van der Waals surface area (Å²) in [6, 6.07) is 10.1. The molecule has 1 aromatic carbocycles. The highest BCUT2D eigenvalue weighted by atomic mass is 32.1. The summed E-state index contributed by atoms with van der Waals surface area (Å²) in [5.41, 5.74) is 2.92. The largest absolute Gasteiger partial charge is 0.360 e.